The van der Waals surface area contributed by atoms with E-state index in [1.807, 2.05) is 0 Å². The summed E-state index contributed by atoms with van der Waals surface area (Å²) < 4.78 is 11.3. The van der Waals surface area contributed by atoms with Crippen LogP contribution in [0.1, 0.15) is 296 Å². The van der Waals surface area contributed by atoms with Gasteiger partial charge in [0.1, 0.15) is 24.4 Å². The van der Waals surface area contributed by atoms with E-state index in [0.29, 0.717) is 12.8 Å². The fourth-order valence-electron chi connectivity index (χ4n) is 9.64. The van der Waals surface area contributed by atoms with Gasteiger partial charge in [-0.15, -0.1) is 0 Å². The Morgan fingerprint density at radius 1 is 0.462 bits per heavy atom. The fourth-order valence-corrected chi connectivity index (χ4v) is 9.64. The van der Waals surface area contributed by atoms with Crippen molar-refractivity contribution in [2.75, 3.05) is 13.2 Å². The Morgan fingerprint density at radius 2 is 0.769 bits per heavy atom. The van der Waals surface area contributed by atoms with Crippen LogP contribution in [-0.4, -0.2) is 87.5 Å². The number of carbonyl (C=O) groups is 1. The minimum absolute atomic E-state index is 0.131. The first-order valence-electron chi connectivity index (χ1n) is 28.7. The molecule has 1 fully saturated rings. The molecule has 1 aliphatic rings. The second-order valence-electron chi connectivity index (χ2n) is 20.5. The van der Waals surface area contributed by atoms with Gasteiger partial charge >= 0.3 is 0 Å². The molecule has 0 bridgehead atoms. The van der Waals surface area contributed by atoms with Crippen LogP contribution in [0.2, 0.25) is 0 Å². The lowest BCUT2D eigenvalue weighted by atomic mass is 9.99. The summed E-state index contributed by atoms with van der Waals surface area (Å²) in [6.45, 7) is 3.89. The van der Waals surface area contributed by atoms with Crippen LogP contribution in [0.5, 0.6) is 0 Å². The molecular formula is C56H111NO8. The first-order valence-corrected chi connectivity index (χ1v) is 28.7. The maximum atomic E-state index is 13.1. The molecule has 0 aromatic carbocycles. The normalized spacial score (nSPS) is 19.8. The topological polar surface area (TPSA) is 149 Å². The predicted molar refractivity (Wildman–Crippen MR) is 272 cm³/mol. The molecule has 0 spiro atoms. The number of hydrogen-bond donors (Lipinski definition) is 6. The minimum atomic E-state index is -1.55. The average molecular weight is 927 g/mol. The quantitative estimate of drug-likeness (QED) is 0.0330. The first-order chi connectivity index (χ1) is 31.8. The Kier molecular flexibility index (Phi) is 44.9. The zero-order valence-corrected chi connectivity index (χ0v) is 43.0. The maximum absolute atomic E-state index is 13.1. The zero-order valence-electron chi connectivity index (χ0n) is 43.0. The number of nitrogens with one attached hydrogen (secondary N) is 1. The molecule has 1 saturated heterocycles. The third-order valence-electron chi connectivity index (χ3n) is 14.2. The van der Waals surface area contributed by atoms with Crippen LogP contribution in [0.15, 0.2) is 0 Å². The molecule has 0 radical (unpaired) electrons. The third kappa shape index (κ3) is 36.8. The maximum Gasteiger partial charge on any atom is 0.220 e. The Morgan fingerprint density at radius 3 is 1.09 bits per heavy atom. The van der Waals surface area contributed by atoms with Gasteiger partial charge in [-0.05, 0) is 12.8 Å². The van der Waals surface area contributed by atoms with Crippen LogP contribution in [0, 0.1) is 0 Å². The van der Waals surface area contributed by atoms with E-state index >= 15 is 0 Å². The molecule has 9 heteroatoms. The summed E-state index contributed by atoms with van der Waals surface area (Å²) in [7, 11) is 0. The van der Waals surface area contributed by atoms with Gasteiger partial charge in [0.25, 0.3) is 0 Å². The van der Waals surface area contributed by atoms with Gasteiger partial charge in [-0.3, -0.25) is 4.79 Å². The number of ether oxygens (including phenoxy) is 2. The van der Waals surface area contributed by atoms with E-state index in [0.717, 1.165) is 38.5 Å². The highest BCUT2D eigenvalue weighted by atomic mass is 16.7. The molecule has 388 valence electrons. The van der Waals surface area contributed by atoms with Gasteiger partial charge in [-0.1, -0.05) is 277 Å². The van der Waals surface area contributed by atoms with Crippen LogP contribution in [0.3, 0.4) is 0 Å². The van der Waals surface area contributed by atoms with E-state index in [1.54, 1.807) is 0 Å². The second-order valence-corrected chi connectivity index (χ2v) is 20.5. The minimum Gasteiger partial charge on any atom is -0.394 e. The van der Waals surface area contributed by atoms with E-state index < -0.39 is 49.5 Å². The van der Waals surface area contributed by atoms with Crippen molar-refractivity contribution in [2.45, 2.75) is 339 Å². The van der Waals surface area contributed by atoms with Crippen molar-refractivity contribution in [1.29, 1.82) is 0 Å². The molecule has 0 aliphatic carbocycles. The molecule has 1 amide bonds. The highest BCUT2D eigenvalue weighted by Crippen LogP contribution is 2.23. The smallest absolute Gasteiger partial charge is 0.220 e. The number of hydrogen-bond acceptors (Lipinski definition) is 8. The zero-order chi connectivity index (χ0) is 47.3. The first kappa shape index (κ1) is 62.2. The number of aliphatic hydroxyl groups excluding tert-OH is 5. The number of rotatable bonds is 50. The summed E-state index contributed by atoms with van der Waals surface area (Å²) in [5.74, 6) is -0.136. The van der Waals surface area contributed by atoms with Gasteiger partial charge in [0, 0.05) is 6.42 Å². The monoisotopic (exact) mass is 926 g/mol. The molecule has 1 rings (SSSR count). The molecule has 1 heterocycles. The molecule has 0 aromatic rings. The van der Waals surface area contributed by atoms with Crippen molar-refractivity contribution >= 4 is 5.91 Å². The average Bonchev–Trinajstić information content (AvgIpc) is 3.31. The number of aliphatic hydroxyl groups is 5. The van der Waals surface area contributed by atoms with Crippen molar-refractivity contribution in [1.82, 2.24) is 5.32 Å². The van der Waals surface area contributed by atoms with Crippen LogP contribution in [0.25, 0.3) is 0 Å². The number of carbonyl (C=O) groups excluding carboxylic acids is 1. The van der Waals surface area contributed by atoms with E-state index in [2.05, 4.69) is 19.2 Å². The summed E-state index contributed by atoms with van der Waals surface area (Å²) in [6, 6.07) is -0.713. The molecule has 0 saturated carbocycles. The summed E-state index contributed by atoms with van der Waals surface area (Å²) in [5.41, 5.74) is 0. The van der Waals surface area contributed by atoms with Crippen LogP contribution in [0.4, 0.5) is 0 Å². The molecule has 7 unspecified atom stereocenters. The van der Waals surface area contributed by atoms with Crippen molar-refractivity contribution < 1.29 is 39.8 Å². The second kappa shape index (κ2) is 46.9. The molecule has 9 nitrogen and oxygen atoms in total. The highest BCUT2D eigenvalue weighted by molar-refractivity contribution is 5.76. The van der Waals surface area contributed by atoms with Crippen LogP contribution >= 0.6 is 0 Å². The van der Waals surface area contributed by atoms with E-state index in [-0.39, 0.29) is 12.5 Å². The molecule has 6 N–H and O–H groups in total. The lowest BCUT2D eigenvalue weighted by Gasteiger charge is -2.40. The third-order valence-corrected chi connectivity index (χ3v) is 14.2. The van der Waals surface area contributed by atoms with Gasteiger partial charge in [-0.2, -0.15) is 0 Å². The lowest BCUT2D eigenvalue weighted by molar-refractivity contribution is -0.302. The Hall–Kier alpha value is -0.810. The van der Waals surface area contributed by atoms with Gasteiger partial charge < -0.3 is 40.3 Å². The fraction of sp³-hybridized carbons (Fsp3) is 0.982. The van der Waals surface area contributed by atoms with E-state index in [4.69, 9.17) is 9.47 Å². The Bertz CT molecular complexity index is 986. The molecular weight excluding hydrogens is 815 g/mol. The van der Waals surface area contributed by atoms with E-state index in [9.17, 15) is 30.3 Å². The van der Waals surface area contributed by atoms with Gasteiger partial charge in [0.2, 0.25) is 5.91 Å². The van der Waals surface area contributed by atoms with Gasteiger partial charge in [0.15, 0.2) is 6.29 Å². The highest BCUT2D eigenvalue weighted by Gasteiger charge is 2.44. The molecule has 65 heavy (non-hydrogen) atoms. The summed E-state index contributed by atoms with van der Waals surface area (Å²) in [6.07, 6.45) is 48.4. The van der Waals surface area contributed by atoms with Crippen molar-refractivity contribution in [2.24, 2.45) is 0 Å². The van der Waals surface area contributed by atoms with Gasteiger partial charge in [-0.25, -0.2) is 0 Å². The number of unbranched alkanes of at least 4 members (excludes halogenated alkanes) is 40. The Balaban J connectivity index is 2.20. The van der Waals surface area contributed by atoms with Gasteiger partial charge in [0.05, 0.1) is 25.4 Å². The number of amides is 1. The lowest BCUT2D eigenvalue weighted by Crippen LogP contribution is -2.60. The summed E-state index contributed by atoms with van der Waals surface area (Å²) in [4.78, 5) is 13.1. The standard InChI is InChI=1S/C56H111NO8/c1-3-5-7-9-11-13-15-17-19-21-23-24-25-26-28-29-31-33-35-37-39-41-43-45-50(59)49(48-64-56-55(63)54(62)53(61)51(47-58)65-56)57-52(60)46-44-42-40-38-36-34-32-30-27-22-20-18-16-14-12-10-8-6-4-2/h49-51,53-56,58-59,61-63H,3-48H2,1-2H3,(H,57,60). The predicted octanol–water partition coefficient (Wildman–Crippen LogP) is 13.9. The summed E-state index contributed by atoms with van der Waals surface area (Å²) >= 11 is 0. The van der Waals surface area contributed by atoms with Crippen molar-refractivity contribution in [3.8, 4) is 0 Å². The van der Waals surface area contributed by atoms with Crippen LogP contribution in [-0.2, 0) is 14.3 Å². The SMILES string of the molecule is CCCCCCCCCCCCCCCCCCCCCCCCCC(O)C(COC1OC(CO)C(O)C(O)C1O)NC(=O)CCCCCCCCCCCCCCCCCCCCC. The van der Waals surface area contributed by atoms with Crippen LogP contribution < -0.4 is 5.32 Å². The largest absolute Gasteiger partial charge is 0.394 e. The molecule has 7 atom stereocenters. The Labute approximate surface area is 402 Å². The molecule has 0 aromatic heterocycles. The molecule has 1 aliphatic heterocycles. The van der Waals surface area contributed by atoms with Crippen molar-refractivity contribution in [3.63, 3.8) is 0 Å². The summed E-state index contributed by atoms with van der Waals surface area (Å²) in [5, 5.41) is 54.7. The van der Waals surface area contributed by atoms with E-state index in [1.165, 1.54) is 231 Å². The van der Waals surface area contributed by atoms with Crippen molar-refractivity contribution in [3.05, 3.63) is 0 Å².